The van der Waals surface area contributed by atoms with Crippen LogP contribution in [-0.4, -0.2) is 81.3 Å². The zero-order chi connectivity index (χ0) is 22.8. The lowest BCUT2D eigenvalue weighted by Crippen LogP contribution is -2.61. The SMILES string of the molecule is CC[C@@H](CO)N1C(=O)[C@@H]2[C@H]3C(=O)OCC=C[C@@]3(C)O[C@@]23C=CCN(C(C)(C)C)C(=O)C13. The molecule has 0 saturated carbocycles. The molecule has 0 aromatic carbocycles. The third-order valence-corrected chi connectivity index (χ3v) is 7.14. The van der Waals surface area contributed by atoms with Gasteiger partial charge in [-0.05, 0) is 40.2 Å². The highest BCUT2D eigenvalue weighted by Crippen LogP contribution is 2.57. The number of hydrogen-bond acceptors (Lipinski definition) is 6. The maximum Gasteiger partial charge on any atom is 0.313 e. The first kappa shape index (κ1) is 22.0. The molecule has 4 aliphatic heterocycles. The summed E-state index contributed by atoms with van der Waals surface area (Å²) in [7, 11) is 0. The van der Waals surface area contributed by atoms with Crippen molar-refractivity contribution in [3.8, 4) is 0 Å². The molecule has 2 saturated heterocycles. The Morgan fingerprint density at radius 3 is 2.48 bits per heavy atom. The first-order valence-corrected chi connectivity index (χ1v) is 11.0. The van der Waals surface area contributed by atoms with Crippen LogP contribution in [0.3, 0.4) is 0 Å². The Balaban J connectivity index is 1.93. The minimum absolute atomic E-state index is 0.121. The molecule has 4 aliphatic rings. The number of hydrogen-bond donors (Lipinski definition) is 1. The smallest absolute Gasteiger partial charge is 0.313 e. The molecule has 6 atom stereocenters. The van der Waals surface area contributed by atoms with E-state index in [1.54, 1.807) is 30.1 Å². The van der Waals surface area contributed by atoms with Gasteiger partial charge in [-0.1, -0.05) is 25.2 Å². The van der Waals surface area contributed by atoms with Crippen molar-refractivity contribution in [1.29, 1.82) is 0 Å². The molecule has 4 heterocycles. The summed E-state index contributed by atoms with van der Waals surface area (Å²) in [4.78, 5) is 44.0. The predicted octanol–water partition coefficient (Wildman–Crippen LogP) is 1.04. The molecular formula is C23H32N2O6. The number of likely N-dealkylation sites (tertiary alicyclic amines) is 1. The van der Waals surface area contributed by atoms with Crippen molar-refractivity contribution in [2.24, 2.45) is 11.8 Å². The van der Waals surface area contributed by atoms with Crippen LogP contribution in [-0.2, 0) is 23.9 Å². The molecule has 0 aliphatic carbocycles. The number of aliphatic hydroxyl groups is 1. The number of carbonyl (C=O) groups is 3. The number of esters is 1. The lowest BCUT2D eigenvalue weighted by atomic mass is 9.74. The third-order valence-electron chi connectivity index (χ3n) is 7.14. The molecule has 0 radical (unpaired) electrons. The molecule has 31 heavy (non-hydrogen) atoms. The minimum Gasteiger partial charge on any atom is -0.461 e. The molecule has 1 spiro atoms. The molecule has 8 nitrogen and oxygen atoms in total. The Bertz CT molecular complexity index is 857. The van der Waals surface area contributed by atoms with Crippen LogP contribution in [0.25, 0.3) is 0 Å². The van der Waals surface area contributed by atoms with Gasteiger partial charge < -0.3 is 24.4 Å². The third kappa shape index (κ3) is 2.98. The van der Waals surface area contributed by atoms with Crippen molar-refractivity contribution in [3.63, 3.8) is 0 Å². The summed E-state index contributed by atoms with van der Waals surface area (Å²) in [5.41, 5.74) is -2.86. The van der Waals surface area contributed by atoms with Gasteiger partial charge in [-0.15, -0.1) is 0 Å². The van der Waals surface area contributed by atoms with Crippen LogP contribution < -0.4 is 0 Å². The molecular weight excluding hydrogens is 400 g/mol. The van der Waals surface area contributed by atoms with Gasteiger partial charge in [-0.3, -0.25) is 14.4 Å². The van der Waals surface area contributed by atoms with Crippen LogP contribution in [0, 0.1) is 11.8 Å². The summed E-state index contributed by atoms with van der Waals surface area (Å²) in [5, 5.41) is 10.0. The monoisotopic (exact) mass is 432 g/mol. The molecule has 0 bridgehead atoms. The Labute approximate surface area is 182 Å². The Morgan fingerprint density at radius 2 is 1.87 bits per heavy atom. The highest BCUT2D eigenvalue weighted by Gasteiger charge is 2.75. The summed E-state index contributed by atoms with van der Waals surface area (Å²) in [6.07, 6.45) is 7.63. The predicted molar refractivity (Wildman–Crippen MR) is 112 cm³/mol. The zero-order valence-corrected chi connectivity index (χ0v) is 18.8. The van der Waals surface area contributed by atoms with E-state index in [0.717, 1.165) is 0 Å². The minimum atomic E-state index is -1.31. The summed E-state index contributed by atoms with van der Waals surface area (Å²) in [6.45, 7) is 9.68. The standard InChI is InChI=1S/C23H32N2O6/c1-6-14(13-26)25-17-19(28)24(21(2,3)4)11-7-10-23(17)15(18(25)27)16-20(29)30-12-8-9-22(16,5)31-23/h7-10,14-17,26H,6,11-13H2,1-5H3/t14-,15-,16-,17?,22+,23-/m0/s1. The van der Waals surface area contributed by atoms with E-state index in [4.69, 9.17) is 9.47 Å². The average molecular weight is 433 g/mol. The number of rotatable bonds is 3. The van der Waals surface area contributed by atoms with E-state index >= 15 is 0 Å². The van der Waals surface area contributed by atoms with Gasteiger partial charge in [-0.2, -0.15) is 0 Å². The molecule has 1 unspecified atom stereocenters. The van der Waals surface area contributed by atoms with E-state index in [9.17, 15) is 19.5 Å². The van der Waals surface area contributed by atoms with Gasteiger partial charge in [0.25, 0.3) is 0 Å². The average Bonchev–Trinajstić information content (AvgIpc) is 2.93. The number of amides is 2. The number of cyclic esters (lactones) is 1. The normalized spacial score (nSPS) is 38.4. The lowest BCUT2D eigenvalue weighted by Gasteiger charge is -2.42. The fraction of sp³-hybridized carbons (Fsp3) is 0.696. The molecule has 2 amide bonds. The van der Waals surface area contributed by atoms with Crippen molar-refractivity contribution in [2.75, 3.05) is 19.8 Å². The zero-order valence-electron chi connectivity index (χ0n) is 18.8. The van der Waals surface area contributed by atoms with E-state index in [2.05, 4.69) is 0 Å². The molecule has 0 aromatic heterocycles. The van der Waals surface area contributed by atoms with Crippen molar-refractivity contribution >= 4 is 17.8 Å². The van der Waals surface area contributed by atoms with Gasteiger partial charge in [0.1, 0.15) is 24.2 Å². The van der Waals surface area contributed by atoms with Crippen LogP contribution in [0.2, 0.25) is 0 Å². The molecule has 0 aromatic rings. The van der Waals surface area contributed by atoms with Crippen molar-refractivity contribution in [3.05, 3.63) is 24.3 Å². The summed E-state index contributed by atoms with van der Waals surface area (Å²) < 4.78 is 12.0. The van der Waals surface area contributed by atoms with Crippen molar-refractivity contribution < 1.29 is 29.0 Å². The van der Waals surface area contributed by atoms with Gasteiger partial charge in [0, 0.05) is 12.1 Å². The van der Waals surface area contributed by atoms with Gasteiger partial charge in [0.2, 0.25) is 11.8 Å². The van der Waals surface area contributed by atoms with E-state index in [1.807, 2.05) is 33.8 Å². The molecule has 4 rings (SSSR count). The summed E-state index contributed by atoms with van der Waals surface area (Å²) in [5.74, 6) is -2.86. The van der Waals surface area contributed by atoms with Crippen molar-refractivity contribution in [2.45, 2.75) is 69.9 Å². The number of nitrogens with zero attached hydrogens (tertiary/aromatic N) is 2. The number of fused-ring (bicyclic) bond motifs is 2. The number of carbonyl (C=O) groups excluding carboxylic acids is 3. The van der Waals surface area contributed by atoms with Gasteiger partial charge in [0.15, 0.2) is 0 Å². The van der Waals surface area contributed by atoms with Gasteiger partial charge in [0.05, 0.1) is 24.2 Å². The van der Waals surface area contributed by atoms with Crippen LogP contribution in [0.1, 0.15) is 41.0 Å². The maximum atomic E-state index is 14.0. The highest BCUT2D eigenvalue weighted by molar-refractivity contribution is 5.99. The van der Waals surface area contributed by atoms with Crippen LogP contribution in [0.15, 0.2) is 24.3 Å². The topological polar surface area (TPSA) is 96.4 Å². The molecule has 1 N–H and O–H groups in total. The number of ether oxygens (including phenoxy) is 2. The second-order valence-corrected chi connectivity index (χ2v) is 10.0. The fourth-order valence-electron chi connectivity index (χ4n) is 5.71. The van der Waals surface area contributed by atoms with Crippen LogP contribution in [0.4, 0.5) is 0 Å². The van der Waals surface area contributed by atoms with Gasteiger partial charge in [-0.25, -0.2) is 0 Å². The summed E-state index contributed by atoms with van der Waals surface area (Å²) >= 11 is 0. The fourth-order valence-corrected chi connectivity index (χ4v) is 5.71. The van der Waals surface area contributed by atoms with Crippen LogP contribution in [0.5, 0.6) is 0 Å². The van der Waals surface area contributed by atoms with Gasteiger partial charge >= 0.3 is 5.97 Å². The second kappa shape index (κ2) is 7.17. The quantitative estimate of drug-likeness (QED) is 0.529. The molecule has 2 fully saturated rings. The van der Waals surface area contributed by atoms with E-state index in [-0.39, 0.29) is 25.0 Å². The largest absolute Gasteiger partial charge is 0.461 e. The first-order valence-electron chi connectivity index (χ1n) is 11.0. The maximum absolute atomic E-state index is 14.0. The first-order chi connectivity index (χ1) is 14.5. The van der Waals surface area contributed by atoms with E-state index in [1.165, 1.54) is 4.90 Å². The number of aliphatic hydroxyl groups excluding tert-OH is 1. The highest BCUT2D eigenvalue weighted by atomic mass is 16.6. The van der Waals surface area contributed by atoms with Crippen molar-refractivity contribution in [1.82, 2.24) is 9.80 Å². The molecule has 170 valence electrons. The molecule has 8 heteroatoms. The summed E-state index contributed by atoms with van der Waals surface area (Å²) in [6, 6.07) is -1.52. The Morgan fingerprint density at radius 1 is 1.16 bits per heavy atom. The van der Waals surface area contributed by atoms with Crippen LogP contribution >= 0.6 is 0 Å². The lowest BCUT2D eigenvalue weighted by molar-refractivity contribution is -0.161. The van der Waals surface area contributed by atoms with E-state index in [0.29, 0.717) is 13.0 Å². The Kier molecular flexibility index (Phi) is 5.09. The Hall–Kier alpha value is -2.19. The second-order valence-electron chi connectivity index (χ2n) is 10.0. The van der Waals surface area contributed by atoms with E-state index < -0.39 is 46.6 Å².